The molecule has 1 aliphatic carbocycles. The summed E-state index contributed by atoms with van der Waals surface area (Å²) in [6.07, 6.45) is 5.27. The van der Waals surface area contributed by atoms with Crippen molar-refractivity contribution in [1.29, 1.82) is 0 Å². The number of ether oxygens (including phenoxy) is 1. The third-order valence-corrected chi connectivity index (χ3v) is 4.01. The fourth-order valence-electron chi connectivity index (χ4n) is 3.04. The Morgan fingerprint density at radius 2 is 2.17 bits per heavy atom. The Kier molecular flexibility index (Phi) is 3.39. The van der Waals surface area contributed by atoms with Crippen molar-refractivity contribution in [3.05, 3.63) is 17.0 Å². The van der Waals surface area contributed by atoms with Crippen LogP contribution in [-0.4, -0.2) is 35.3 Å². The molecular weight excluding hydrogens is 250 g/mol. The summed E-state index contributed by atoms with van der Waals surface area (Å²) in [6.45, 7) is 3.56. The van der Waals surface area contributed by atoms with Gasteiger partial charge >= 0.3 is 0 Å². The highest BCUT2D eigenvalue weighted by Crippen LogP contribution is 2.31. The molecule has 0 aromatic carbocycles. The Labute approximate surface area is 112 Å². The van der Waals surface area contributed by atoms with E-state index in [1.807, 2.05) is 13.0 Å². The van der Waals surface area contributed by atoms with Gasteiger partial charge < -0.3 is 9.64 Å². The molecule has 18 heavy (non-hydrogen) atoms. The summed E-state index contributed by atoms with van der Waals surface area (Å²) >= 11 is 6.04. The molecule has 4 nitrogen and oxygen atoms in total. The van der Waals surface area contributed by atoms with E-state index in [1.165, 1.54) is 25.7 Å². The van der Waals surface area contributed by atoms with Gasteiger partial charge in [-0.05, 0) is 19.8 Å². The lowest BCUT2D eigenvalue weighted by Crippen LogP contribution is -2.53. The zero-order chi connectivity index (χ0) is 12.5. The van der Waals surface area contributed by atoms with Crippen molar-refractivity contribution in [1.82, 2.24) is 9.97 Å². The van der Waals surface area contributed by atoms with E-state index < -0.39 is 0 Å². The van der Waals surface area contributed by atoms with Crippen molar-refractivity contribution in [2.24, 2.45) is 0 Å². The first-order valence-electron chi connectivity index (χ1n) is 6.63. The van der Waals surface area contributed by atoms with Crippen molar-refractivity contribution in [3.63, 3.8) is 0 Å². The Morgan fingerprint density at radius 3 is 3.00 bits per heavy atom. The summed E-state index contributed by atoms with van der Waals surface area (Å²) in [5.74, 6) is 1.68. The van der Waals surface area contributed by atoms with Gasteiger partial charge in [-0.15, -0.1) is 0 Å². The second kappa shape index (κ2) is 5.02. The summed E-state index contributed by atoms with van der Waals surface area (Å²) in [4.78, 5) is 11.0. The van der Waals surface area contributed by atoms with Crippen LogP contribution in [0.3, 0.4) is 0 Å². The van der Waals surface area contributed by atoms with E-state index in [2.05, 4.69) is 14.9 Å². The molecule has 1 saturated carbocycles. The first kappa shape index (κ1) is 12.2. The minimum atomic E-state index is 0.363. The van der Waals surface area contributed by atoms with Gasteiger partial charge in [0.25, 0.3) is 0 Å². The lowest BCUT2D eigenvalue weighted by molar-refractivity contribution is -0.00900. The number of aromatic nitrogens is 2. The summed E-state index contributed by atoms with van der Waals surface area (Å²) in [5, 5.41) is 0.524. The van der Waals surface area contributed by atoms with Gasteiger partial charge in [-0.2, -0.15) is 0 Å². The molecule has 98 valence electrons. The van der Waals surface area contributed by atoms with Gasteiger partial charge in [-0.25, -0.2) is 9.97 Å². The van der Waals surface area contributed by atoms with Crippen molar-refractivity contribution >= 4 is 17.4 Å². The number of morpholine rings is 1. The van der Waals surface area contributed by atoms with Gasteiger partial charge in [-0.1, -0.05) is 24.4 Å². The number of halogens is 1. The highest BCUT2D eigenvalue weighted by molar-refractivity contribution is 6.29. The monoisotopic (exact) mass is 267 g/mol. The molecule has 1 aliphatic heterocycles. The van der Waals surface area contributed by atoms with Crippen LogP contribution in [0.2, 0.25) is 5.15 Å². The topological polar surface area (TPSA) is 38.2 Å². The fraction of sp³-hybridized carbons (Fsp3) is 0.692. The Bertz CT molecular complexity index is 418. The molecule has 2 heterocycles. The third-order valence-electron chi connectivity index (χ3n) is 3.82. The number of rotatable bonds is 1. The zero-order valence-electron chi connectivity index (χ0n) is 10.6. The van der Waals surface area contributed by atoms with E-state index in [0.717, 1.165) is 24.8 Å². The number of anilines is 1. The SMILES string of the molecule is Cc1nc(Cl)cc(N2CCOC3CCCCC32)n1. The number of hydrogen-bond donors (Lipinski definition) is 0. The van der Waals surface area contributed by atoms with E-state index in [9.17, 15) is 0 Å². The van der Waals surface area contributed by atoms with Gasteiger partial charge in [0.15, 0.2) is 0 Å². The van der Waals surface area contributed by atoms with Crippen LogP contribution in [0.15, 0.2) is 6.07 Å². The Hall–Kier alpha value is -0.870. The Balaban J connectivity index is 1.89. The Morgan fingerprint density at radius 1 is 1.33 bits per heavy atom. The third kappa shape index (κ3) is 2.31. The maximum Gasteiger partial charge on any atom is 0.134 e. The molecule has 1 aromatic rings. The molecule has 0 amide bonds. The lowest BCUT2D eigenvalue weighted by atomic mass is 9.90. The minimum absolute atomic E-state index is 0.363. The van der Waals surface area contributed by atoms with E-state index in [0.29, 0.717) is 17.3 Å². The van der Waals surface area contributed by atoms with Gasteiger partial charge in [0.2, 0.25) is 0 Å². The van der Waals surface area contributed by atoms with E-state index in [-0.39, 0.29) is 0 Å². The molecule has 0 spiro atoms. The average molecular weight is 268 g/mol. The number of nitrogens with zero attached hydrogens (tertiary/aromatic N) is 3. The maximum atomic E-state index is 6.04. The highest BCUT2D eigenvalue weighted by atomic mass is 35.5. The van der Waals surface area contributed by atoms with Crippen LogP contribution in [0.5, 0.6) is 0 Å². The van der Waals surface area contributed by atoms with E-state index in [1.54, 1.807) is 0 Å². The van der Waals surface area contributed by atoms with Gasteiger partial charge in [0.05, 0.1) is 18.8 Å². The molecule has 1 saturated heterocycles. The van der Waals surface area contributed by atoms with E-state index >= 15 is 0 Å². The first-order valence-corrected chi connectivity index (χ1v) is 7.01. The molecule has 0 radical (unpaired) electrons. The lowest BCUT2D eigenvalue weighted by Gasteiger charge is -2.44. The zero-order valence-corrected chi connectivity index (χ0v) is 11.4. The van der Waals surface area contributed by atoms with Gasteiger partial charge in [-0.3, -0.25) is 0 Å². The molecule has 2 atom stereocenters. The standard InChI is InChI=1S/C13H18ClN3O/c1-9-15-12(14)8-13(16-9)17-6-7-18-11-5-3-2-4-10(11)17/h8,10-11H,2-7H2,1H3. The van der Waals surface area contributed by atoms with Crippen molar-refractivity contribution in [3.8, 4) is 0 Å². The average Bonchev–Trinajstić information content (AvgIpc) is 2.37. The first-order chi connectivity index (χ1) is 8.74. The van der Waals surface area contributed by atoms with Crippen LogP contribution in [0.4, 0.5) is 5.82 Å². The maximum absolute atomic E-state index is 6.04. The highest BCUT2D eigenvalue weighted by Gasteiger charge is 2.35. The van der Waals surface area contributed by atoms with Crippen LogP contribution in [0, 0.1) is 6.92 Å². The predicted octanol–water partition coefficient (Wildman–Crippen LogP) is 2.59. The normalized spacial score (nSPS) is 28.0. The van der Waals surface area contributed by atoms with Crippen LogP contribution in [-0.2, 0) is 4.74 Å². The number of hydrogen-bond acceptors (Lipinski definition) is 4. The van der Waals surface area contributed by atoms with E-state index in [4.69, 9.17) is 16.3 Å². The molecular formula is C13H18ClN3O. The van der Waals surface area contributed by atoms with Gasteiger partial charge in [0.1, 0.15) is 16.8 Å². The summed E-state index contributed by atoms with van der Waals surface area (Å²) in [5.41, 5.74) is 0. The molecule has 5 heteroatoms. The van der Waals surface area contributed by atoms with Crippen molar-refractivity contribution in [2.75, 3.05) is 18.1 Å². The fourth-order valence-corrected chi connectivity index (χ4v) is 3.26. The van der Waals surface area contributed by atoms with Crippen molar-refractivity contribution in [2.45, 2.75) is 44.8 Å². The van der Waals surface area contributed by atoms with Crippen LogP contribution >= 0.6 is 11.6 Å². The predicted molar refractivity (Wildman–Crippen MR) is 71.1 cm³/mol. The van der Waals surface area contributed by atoms with Crippen LogP contribution in [0.25, 0.3) is 0 Å². The summed E-state index contributed by atoms with van der Waals surface area (Å²) < 4.78 is 5.88. The van der Waals surface area contributed by atoms with Crippen molar-refractivity contribution < 1.29 is 4.74 Å². The molecule has 3 rings (SSSR count). The number of fused-ring (bicyclic) bond motifs is 1. The minimum Gasteiger partial charge on any atom is -0.374 e. The molecule has 1 aromatic heterocycles. The molecule has 0 bridgehead atoms. The molecule has 2 aliphatic rings. The molecule has 2 unspecified atom stereocenters. The number of aryl methyl sites for hydroxylation is 1. The summed E-state index contributed by atoms with van der Waals surface area (Å²) in [6, 6.07) is 2.32. The quantitative estimate of drug-likeness (QED) is 0.733. The second-order valence-electron chi connectivity index (χ2n) is 5.05. The van der Waals surface area contributed by atoms with Crippen LogP contribution in [0.1, 0.15) is 31.5 Å². The van der Waals surface area contributed by atoms with Gasteiger partial charge in [0, 0.05) is 12.6 Å². The smallest absolute Gasteiger partial charge is 0.134 e. The molecule has 2 fully saturated rings. The molecule has 0 N–H and O–H groups in total. The largest absolute Gasteiger partial charge is 0.374 e. The van der Waals surface area contributed by atoms with Crippen LogP contribution < -0.4 is 4.90 Å². The second-order valence-corrected chi connectivity index (χ2v) is 5.44. The summed E-state index contributed by atoms with van der Waals surface area (Å²) in [7, 11) is 0.